The maximum Gasteiger partial charge on any atom is 0.208 e. The lowest BCUT2D eigenvalue weighted by atomic mass is 10.3. The Morgan fingerprint density at radius 1 is 1.39 bits per heavy atom. The van der Waals surface area contributed by atoms with Crippen molar-refractivity contribution in [1.29, 1.82) is 0 Å². The van der Waals surface area contributed by atoms with Crippen LogP contribution in [0.3, 0.4) is 0 Å². The minimum absolute atomic E-state index is 0.619. The second-order valence-corrected chi connectivity index (χ2v) is 4.92. The van der Waals surface area contributed by atoms with Crippen molar-refractivity contribution in [3.8, 4) is 0 Å². The molecule has 0 radical (unpaired) electrons. The summed E-state index contributed by atoms with van der Waals surface area (Å²) in [6.45, 7) is 8.19. The number of aryl methyl sites for hydroxylation is 3. The molecule has 0 unspecified atom stereocenters. The number of oxazole rings is 1. The monoisotopic (exact) mass is 312 g/mol. The van der Waals surface area contributed by atoms with Crippen molar-refractivity contribution in [1.82, 2.24) is 20.1 Å². The first-order valence-corrected chi connectivity index (χ1v) is 6.75. The van der Waals surface area contributed by atoms with Gasteiger partial charge in [0.25, 0.3) is 0 Å². The zero-order chi connectivity index (χ0) is 13.1. The highest BCUT2D eigenvalue weighted by Gasteiger charge is 2.11. The van der Waals surface area contributed by atoms with Crippen LogP contribution >= 0.6 is 15.9 Å². The molecule has 0 spiro atoms. The zero-order valence-corrected chi connectivity index (χ0v) is 12.4. The van der Waals surface area contributed by atoms with E-state index in [0.29, 0.717) is 12.4 Å². The fraction of sp³-hybridized carbons (Fsp3) is 0.500. The zero-order valence-electron chi connectivity index (χ0n) is 10.8. The smallest absolute Gasteiger partial charge is 0.208 e. The highest BCUT2D eigenvalue weighted by molar-refractivity contribution is 9.10. The third-order valence-corrected chi connectivity index (χ3v) is 3.72. The topological polar surface area (TPSA) is 55.9 Å². The summed E-state index contributed by atoms with van der Waals surface area (Å²) in [5, 5.41) is 7.76. The summed E-state index contributed by atoms with van der Waals surface area (Å²) in [5.74, 6) is 1.55. The molecule has 0 fully saturated rings. The molecule has 2 aromatic heterocycles. The van der Waals surface area contributed by atoms with Crippen LogP contribution in [0.25, 0.3) is 0 Å². The molecule has 0 aliphatic heterocycles. The number of nitrogens with one attached hydrogen (secondary N) is 1. The van der Waals surface area contributed by atoms with Crippen molar-refractivity contribution in [3.05, 3.63) is 33.7 Å². The van der Waals surface area contributed by atoms with Crippen molar-refractivity contribution >= 4 is 15.9 Å². The Labute approximate surface area is 115 Å². The van der Waals surface area contributed by atoms with Crippen LogP contribution in [0.2, 0.25) is 0 Å². The maximum atomic E-state index is 5.41. The van der Waals surface area contributed by atoms with E-state index in [2.05, 4.69) is 38.3 Å². The van der Waals surface area contributed by atoms with Gasteiger partial charge in [-0.15, -0.1) is 0 Å². The summed E-state index contributed by atoms with van der Waals surface area (Å²) in [4.78, 5) is 4.15. The average molecular weight is 313 g/mol. The number of halogens is 1. The largest absolute Gasteiger partial charge is 0.445 e. The number of nitrogens with zero attached hydrogens (tertiary/aromatic N) is 3. The summed E-state index contributed by atoms with van der Waals surface area (Å²) in [7, 11) is 0. The van der Waals surface area contributed by atoms with E-state index in [1.165, 1.54) is 0 Å². The standard InChI is InChI=1S/C12H17BrN4O/c1-4-17-10(12(13)9(3)16-17)6-14-7-11-15-5-8(2)18-11/h5,14H,4,6-7H2,1-3H3. The molecule has 5 nitrogen and oxygen atoms in total. The van der Waals surface area contributed by atoms with Crippen molar-refractivity contribution in [2.24, 2.45) is 0 Å². The van der Waals surface area contributed by atoms with E-state index < -0.39 is 0 Å². The predicted octanol–water partition coefficient (Wildman–Crippen LogP) is 2.56. The first-order chi connectivity index (χ1) is 8.61. The van der Waals surface area contributed by atoms with Gasteiger partial charge in [0, 0.05) is 13.1 Å². The Hall–Kier alpha value is -1.14. The average Bonchev–Trinajstić information content (AvgIpc) is 2.87. The highest BCUT2D eigenvalue weighted by atomic mass is 79.9. The van der Waals surface area contributed by atoms with Gasteiger partial charge in [0.05, 0.1) is 28.6 Å². The molecule has 0 atom stereocenters. The SMILES string of the molecule is CCn1nc(C)c(Br)c1CNCc1ncc(C)o1. The molecule has 0 saturated carbocycles. The fourth-order valence-electron chi connectivity index (χ4n) is 1.81. The van der Waals surface area contributed by atoms with Gasteiger partial charge in [-0.3, -0.25) is 4.68 Å². The lowest BCUT2D eigenvalue weighted by Crippen LogP contribution is -2.16. The molecule has 0 bridgehead atoms. The number of hydrogen-bond donors (Lipinski definition) is 1. The normalized spacial score (nSPS) is 11.1. The lowest BCUT2D eigenvalue weighted by molar-refractivity contribution is 0.445. The van der Waals surface area contributed by atoms with Crippen LogP contribution in [0.4, 0.5) is 0 Å². The van der Waals surface area contributed by atoms with Crippen molar-refractivity contribution in [2.45, 2.75) is 40.4 Å². The Kier molecular flexibility index (Phi) is 4.19. The number of rotatable bonds is 5. The van der Waals surface area contributed by atoms with Crippen LogP contribution in [0.5, 0.6) is 0 Å². The molecule has 18 heavy (non-hydrogen) atoms. The molecule has 0 aliphatic carbocycles. The van der Waals surface area contributed by atoms with Gasteiger partial charge in [0.2, 0.25) is 5.89 Å². The summed E-state index contributed by atoms with van der Waals surface area (Å²) in [6, 6.07) is 0. The van der Waals surface area contributed by atoms with Crippen LogP contribution < -0.4 is 5.32 Å². The van der Waals surface area contributed by atoms with Gasteiger partial charge in [-0.05, 0) is 36.7 Å². The molecule has 1 N–H and O–H groups in total. The van der Waals surface area contributed by atoms with Gasteiger partial charge in [-0.2, -0.15) is 5.10 Å². The summed E-state index contributed by atoms with van der Waals surface area (Å²) < 4.78 is 8.47. The second kappa shape index (κ2) is 5.67. The molecule has 98 valence electrons. The van der Waals surface area contributed by atoms with E-state index >= 15 is 0 Å². The van der Waals surface area contributed by atoms with Crippen molar-refractivity contribution < 1.29 is 4.42 Å². The molecule has 0 aromatic carbocycles. The van der Waals surface area contributed by atoms with Crippen LogP contribution in [-0.2, 0) is 19.6 Å². The van der Waals surface area contributed by atoms with E-state index in [4.69, 9.17) is 4.42 Å². The molecule has 0 amide bonds. The molecule has 2 heterocycles. The maximum absolute atomic E-state index is 5.41. The summed E-state index contributed by atoms with van der Waals surface area (Å²) in [6.07, 6.45) is 1.73. The molecule has 2 rings (SSSR count). The van der Waals surface area contributed by atoms with Gasteiger partial charge < -0.3 is 9.73 Å². The van der Waals surface area contributed by atoms with Crippen molar-refractivity contribution in [3.63, 3.8) is 0 Å². The van der Waals surface area contributed by atoms with Gasteiger partial charge in [0.15, 0.2) is 0 Å². The van der Waals surface area contributed by atoms with Gasteiger partial charge in [-0.25, -0.2) is 4.98 Å². The van der Waals surface area contributed by atoms with Gasteiger partial charge in [0.1, 0.15) is 5.76 Å². The van der Waals surface area contributed by atoms with E-state index in [1.807, 2.05) is 18.5 Å². The van der Waals surface area contributed by atoms with Crippen LogP contribution in [0.15, 0.2) is 15.1 Å². The van der Waals surface area contributed by atoms with E-state index in [0.717, 1.165) is 34.7 Å². The minimum atomic E-state index is 0.619. The van der Waals surface area contributed by atoms with E-state index in [1.54, 1.807) is 6.20 Å². The quantitative estimate of drug-likeness (QED) is 0.922. The molecule has 2 aromatic rings. The van der Waals surface area contributed by atoms with Gasteiger partial charge in [-0.1, -0.05) is 0 Å². The second-order valence-electron chi connectivity index (χ2n) is 4.13. The Balaban J connectivity index is 1.98. The first kappa shape index (κ1) is 13.3. The Morgan fingerprint density at radius 2 is 2.17 bits per heavy atom. The molecule has 6 heteroatoms. The third kappa shape index (κ3) is 2.81. The predicted molar refractivity (Wildman–Crippen MR) is 72.1 cm³/mol. The van der Waals surface area contributed by atoms with Crippen LogP contribution in [0, 0.1) is 13.8 Å². The summed E-state index contributed by atoms with van der Waals surface area (Å²) in [5.41, 5.74) is 2.17. The minimum Gasteiger partial charge on any atom is -0.445 e. The molecular formula is C12H17BrN4O. The third-order valence-electron chi connectivity index (χ3n) is 2.69. The first-order valence-electron chi connectivity index (χ1n) is 5.95. The molecule has 0 saturated heterocycles. The lowest BCUT2D eigenvalue weighted by Gasteiger charge is -2.06. The number of aromatic nitrogens is 3. The highest BCUT2D eigenvalue weighted by Crippen LogP contribution is 2.20. The molecule has 0 aliphatic rings. The molecular weight excluding hydrogens is 296 g/mol. The van der Waals surface area contributed by atoms with Crippen LogP contribution in [0.1, 0.15) is 30.0 Å². The Morgan fingerprint density at radius 3 is 2.78 bits per heavy atom. The Bertz CT molecular complexity index is 532. The van der Waals surface area contributed by atoms with E-state index in [-0.39, 0.29) is 0 Å². The van der Waals surface area contributed by atoms with Gasteiger partial charge >= 0.3 is 0 Å². The van der Waals surface area contributed by atoms with E-state index in [9.17, 15) is 0 Å². The van der Waals surface area contributed by atoms with Crippen molar-refractivity contribution in [2.75, 3.05) is 0 Å². The number of hydrogen-bond acceptors (Lipinski definition) is 4. The summed E-state index contributed by atoms with van der Waals surface area (Å²) >= 11 is 3.57. The van der Waals surface area contributed by atoms with Crippen LogP contribution in [-0.4, -0.2) is 14.8 Å². The fourth-order valence-corrected chi connectivity index (χ4v) is 2.23.